The highest BCUT2D eigenvalue weighted by molar-refractivity contribution is 5.76. The molecule has 29 heavy (non-hydrogen) atoms. The fourth-order valence-electron chi connectivity index (χ4n) is 4.52. The zero-order chi connectivity index (χ0) is 19.9. The van der Waals surface area contributed by atoms with Crippen LogP contribution in [-0.4, -0.2) is 55.1 Å². The predicted octanol–water partition coefficient (Wildman–Crippen LogP) is 4.20. The van der Waals surface area contributed by atoms with Crippen LogP contribution in [0.3, 0.4) is 0 Å². The van der Waals surface area contributed by atoms with Gasteiger partial charge in [0.05, 0.1) is 13.2 Å². The second-order valence-corrected chi connectivity index (χ2v) is 8.34. The van der Waals surface area contributed by atoms with Gasteiger partial charge in [-0.05, 0) is 48.4 Å². The van der Waals surface area contributed by atoms with E-state index in [2.05, 4.69) is 59.5 Å². The Labute approximate surface area is 174 Å². The van der Waals surface area contributed by atoms with Gasteiger partial charge in [0.2, 0.25) is 5.91 Å². The lowest BCUT2D eigenvalue weighted by Gasteiger charge is -2.33. The SMILES string of the molecule is O=C(CC[C@H]1CCCN(Cc2ccc(-c3ccccc3)cc2)C1)N1CCOCC1. The average Bonchev–Trinajstić information content (AvgIpc) is 2.79. The monoisotopic (exact) mass is 392 g/mol. The van der Waals surface area contributed by atoms with Gasteiger partial charge in [-0.2, -0.15) is 0 Å². The van der Waals surface area contributed by atoms with E-state index in [1.54, 1.807) is 0 Å². The van der Waals surface area contributed by atoms with Gasteiger partial charge < -0.3 is 9.64 Å². The highest BCUT2D eigenvalue weighted by atomic mass is 16.5. The smallest absolute Gasteiger partial charge is 0.222 e. The van der Waals surface area contributed by atoms with E-state index in [0.717, 1.165) is 39.1 Å². The maximum Gasteiger partial charge on any atom is 0.222 e. The van der Waals surface area contributed by atoms with E-state index >= 15 is 0 Å². The molecule has 4 nitrogen and oxygen atoms in total. The molecule has 0 bridgehead atoms. The van der Waals surface area contributed by atoms with Gasteiger partial charge in [0.25, 0.3) is 0 Å². The number of benzene rings is 2. The lowest BCUT2D eigenvalue weighted by Crippen LogP contribution is -2.41. The molecule has 0 radical (unpaired) electrons. The first-order valence-electron chi connectivity index (χ1n) is 11.0. The van der Waals surface area contributed by atoms with Crippen LogP contribution < -0.4 is 0 Å². The first-order valence-corrected chi connectivity index (χ1v) is 11.0. The number of carbonyl (C=O) groups is 1. The van der Waals surface area contributed by atoms with Crippen molar-refractivity contribution in [3.63, 3.8) is 0 Å². The van der Waals surface area contributed by atoms with Crippen LogP contribution in [0.4, 0.5) is 0 Å². The number of carbonyl (C=O) groups excluding carboxylic acids is 1. The Balaban J connectivity index is 1.26. The third kappa shape index (κ3) is 5.68. The van der Waals surface area contributed by atoms with Crippen molar-refractivity contribution in [3.05, 3.63) is 60.2 Å². The van der Waals surface area contributed by atoms with Gasteiger partial charge in [-0.1, -0.05) is 54.6 Å². The Kier molecular flexibility index (Phi) is 6.96. The summed E-state index contributed by atoms with van der Waals surface area (Å²) < 4.78 is 5.35. The minimum atomic E-state index is 0.307. The molecule has 0 N–H and O–H groups in total. The van der Waals surface area contributed by atoms with E-state index in [1.807, 2.05) is 4.90 Å². The topological polar surface area (TPSA) is 32.8 Å². The van der Waals surface area contributed by atoms with Crippen molar-refractivity contribution >= 4 is 5.91 Å². The van der Waals surface area contributed by atoms with Crippen molar-refractivity contribution in [2.75, 3.05) is 39.4 Å². The van der Waals surface area contributed by atoms with E-state index in [0.29, 0.717) is 31.5 Å². The van der Waals surface area contributed by atoms with Gasteiger partial charge in [0.15, 0.2) is 0 Å². The largest absolute Gasteiger partial charge is 0.378 e. The van der Waals surface area contributed by atoms with Crippen LogP contribution in [0.1, 0.15) is 31.2 Å². The van der Waals surface area contributed by atoms with Crippen molar-refractivity contribution in [1.29, 1.82) is 0 Å². The van der Waals surface area contributed by atoms with Crippen LogP contribution >= 0.6 is 0 Å². The molecule has 2 heterocycles. The highest BCUT2D eigenvalue weighted by Gasteiger charge is 2.23. The van der Waals surface area contributed by atoms with E-state index in [9.17, 15) is 4.79 Å². The molecule has 0 unspecified atom stereocenters. The normalized spacial score (nSPS) is 20.6. The summed E-state index contributed by atoms with van der Waals surface area (Å²) in [6, 6.07) is 19.5. The Morgan fingerprint density at radius 3 is 2.41 bits per heavy atom. The molecule has 0 aromatic heterocycles. The van der Waals surface area contributed by atoms with Crippen LogP contribution in [0.25, 0.3) is 11.1 Å². The van der Waals surface area contributed by atoms with Crippen LogP contribution in [0, 0.1) is 5.92 Å². The highest BCUT2D eigenvalue weighted by Crippen LogP contribution is 2.24. The standard InChI is InChI=1S/C25H32N2O2/c28-25(27-15-17-29-18-16-27)13-10-21-5-4-14-26(19-21)20-22-8-11-24(12-9-22)23-6-2-1-3-7-23/h1-3,6-9,11-12,21H,4-5,10,13-20H2/t21-/m1/s1. The number of amides is 1. The maximum atomic E-state index is 12.4. The summed E-state index contributed by atoms with van der Waals surface area (Å²) in [5, 5.41) is 0. The molecule has 2 aliphatic rings. The van der Waals surface area contributed by atoms with Crippen molar-refractivity contribution in [2.24, 2.45) is 5.92 Å². The van der Waals surface area contributed by atoms with Crippen molar-refractivity contribution in [3.8, 4) is 11.1 Å². The first kappa shape index (κ1) is 20.1. The predicted molar refractivity (Wildman–Crippen MR) is 117 cm³/mol. The minimum absolute atomic E-state index is 0.307. The number of likely N-dealkylation sites (tertiary alicyclic amines) is 1. The second-order valence-electron chi connectivity index (χ2n) is 8.34. The van der Waals surface area contributed by atoms with Crippen molar-refractivity contribution < 1.29 is 9.53 Å². The van der Waals surface area contributed by atoms with Gasteiger partial charge in [-0.25, -0.2) is 0 Å². The molecule has 1 amide bonds. The van der Waals surface area contributed by atoms with Crippen LogP contribution in [-0.2, 0) is 16.1 Å². The van der Waals surface area contributed by atoms with Crippen LogP contribution in [0.15, 0.2) is 54.6 Å². The van der Waals surface area contributed by atoms with E-state index < -0.39 is 0 Å². The third-order valence-corrected chi connectivity index (χ3v) is 6.20. The molecule has 4 heteroatoms. The van der Waals surface area contributed by atoms with Gasteiger partial charge in [-0.3, -0.25) is 9.69 Å². The molecule has 2 saturated heterocycles. The molecule has 0 spiro atoms. The summed E-state index contributed by atoms with van der Waals surface area (Å²) in [6.07, 6.45) is 4.18. The fraction of sp³-hybridized carbons (Fsp3) is 0.480. The Morgan fingerprint density at radius 2 is 1.66 bits per heavy atom. The number of nitrogens with zero attached hydrogens (tertiary/aromatic N) is 2. The quantitative estimate of drug-likeness (QED) is 0.738. The summed E-state index contributed by atoms with van der Waals surface area (Å²) >= 11 is 0. The Hall–Kier alpha value is -2.17. The van der Waals surface area contributed by atoms with E-state index in [4.69, 9.17) is 4.74 Å². The van der Waals surface area contributed by atoms with E-state index in [-0.39, 0.29) is 0 Å². The molecular formula is C25H32N2O2. The molecule has 2 aliphatic heterocycles. The number of hydrogen-bond acceptors (Lipinski definition) is 3. The summed E-state index contributed by atoms with van der Waals surface area (Å²) in [5.41, 5.74) is 3.91. The number of piperidine rings is 1. The molecule has 2 aromatic carbocycles. The number of hydrogen-bond donors (Lipinski definition) is 0. The molecule has 154 valence electrons. The van der Waals surface area contributed by atoms with Crippen LogP contribution in [0.5, 0.6) is 0 Å². The molecule has 4 rings (SSSR count). The molecule has 2 fully saturated rings. The van der Waals surface area contributed by atoms with Gasteiger partial charge in [0, 0.05) is 32.6 Å². The van der Waals surface area contributed by atoms with Gasteiger partial charge in [-0.15, -0.1) is 0 Å². The number of rotatable bonds is 6. The summed E-state index contributed by atoms with van der Waals surface area (Å²) in [4.78, 5) is 16.9. The average molecular weight is 393 g/mol. The summed E-state index contributed by atoms with van der Waals surface area (Å²) in [7, 11) is 0. The lowest BCUT2D eigenvalue weighted by atomic mass is 9.92. The molecule has 2 aromatic rings. The molecule has 0 saturated carbocycles. The Bertz CT molecular complexity index is 769. The second kappa shape index (κ2) is 10.0. The zero-order valence-corrected chi connectivity index (χ0v) is 17.3. The molecular weight excluding hydrogens is 360 g/mol. The third-order valence-electron chi connectivity index (χ3n) is 6.20. The van der Waals surface area contributed by atoms with Gasteiger partial charge >= 0.3 is 0 Å². The number of morpholine rings is 1. The summed E-state index contributed by atoms with van der Waals surface area (Å²) in [6.45, 7) is 6.16. The summed E-state index contributed by atoms with van der Waals surface area (Å²) in [5.74, 6) is 0.944. The molecule has 1 atom stereocenters. The maximum absolute atomic E-state index is 12.4. The minimum Gasteiger partial charge on any atom is -0.378 e. The zero-order valence-electron chi connectivity index (χ0n) is 17.3. The number of ether oxygens (including phenoxy) is 1. The fourth-order valence-corrected chi connectivity index (χ4v) is 4.52. The first-order chi connectivity index (χ1) is 14.3. The lowest BCUT2D eigenvalue weighted by molar-refractivity contribution is -0.135. The van der Waals surface area contributed by atoms with Crippen LogP contribution in [0.2, 0.25) is 0 Å². The van der Waals surface area contributed by atoms with Crippen molar-refractivity contribution in [1.82, 2.24) is 9.80 Å². The van der Waals surface area contributed by atoms with Gasteiger partial charge in [0.1, 0.15) is 0 Å². The Morgan fingerprint density at radius 1 is 0.931 bits per heavy atom. The molecule has 0 aliphatic carbocycles. The van der Waals surface area contributed by atoms with Crippen molar-refractivity contribution in [2.45, 2.75) is 32.2 Å². The van der Waals surface area contributed by atoms with E-state index in [1.165, 1.54) is 29.5 Å².